The molecule has 1 aromatic heterocycles. The van der Waals surface area contributed by atoms with Crippen molar-refractivity contribution in [2.75, 3.05) is 13.7 Å². The third-order valence-corrected chi connectivity index (χ3v) is 4.25. The number of carbonyl (C=O) groups is 2. The summed E-state index contributed by atoms with van der Waals surface area (Å²) in [4.78, 5) is 24.7. The zero-order chi connectivity index (χ0) is 17.1. The van der Waals surface area contributed by atoms with Gasteiger partial charge in [0, 0.05) is 13.0 Å². The number of rotatable bonds is 5. The number of fused-ring (bicyclic) bond motifs is 1. The van der Waals surface area contributed by atoms with Gasteiger partial charge in [-0.15, -0.1) is 0 Å². The lowest BCUT2D eigenvalue weighted by molar-refractivity contribution is 0.0514. The summed E-state index contributed by atoms with van der Waals surface area (Å²) in [5, 5.41) is 0. The van der Waals surface area contributed by atoms with Crippen LogP contribution in [0.2, 0.25) is 0 Å². The van der Waals surface area contributed by atoms with Gasteiger partial charge in [-0.2, -0.15) is 0 Å². The Bertz CT molecular complexity index is 776. The number of Topliss-reactive ketones (excluding diaryl/α,β-unsaturated/α-hetero) is 1. The summed E-state index contributed by atoms with van der Waals surface area (Å²) in [6, 6.07) is 9.44. The van der Waals surface area contributed by atoms with Crippen molar-refractivity contribution < 1.29 is 19.1 Å². The fourth-order valence-corrected chi connectivity index (χ4v) is 3.17. The summed E-state index contributed by atoms with van der Waals surface area (Å²) in [5.41, 5.74) is 3.00. The Morgan fingerprint density at radius 2 is 2.08 bits per heavy atom. The number of hydrogen-bond donors (Lipinski definition) is 0. The van der Waals surface area contributed by atoms with Gasteiger partial charge in [-0.1, -0.05) is 12.1 Å². The highest BCUT2D eigenvalue weighted by atomic mass is 16.5. The van der Waals surface area contributed by atoms with E-state index in [0.29, 0.717) is 31.0 Å². The molecule has 0 radical (unpaired) electrons. The normalized spacial score (nSPS) is 13.5. The van der Waals surface area contributed by atoms with E-state index in [4.69, 9.17) is 9.47 Å². The Balaban J connectivity index is 2.05. The molecule has 0 N–H and O–H groups in total. The molecule has 1 aromatic carbocycles. The van der Waals surface area contributed by atoms with E-state index in [1.807, 2.05) is 30.3 Å². The zero-order valence-corrected chi connectivity index (χ0v) is 14.0. The second kappa shape index (κ2) is 6.91. The van der Waals surface area contributed by atoms with Crippen LogP contribution in [0, 0.1) is 0 Å². The van der Waals surface area contributed by atoms with E-state index in [9.17, 15) is 9.59 Å². The fourth-order valence-electron chi connectivity index (χ4n) is 3.17. The number of aryl methyl sites for hydroxylation is 1. The molecule has 5 heteroatoms. The standard InChI is InChI=1S/C19H21NO4/c1-3-24-19(22)16-11-14-7-5-9-17(21)18(14)20(16)12-13-6-4-8-15(10-13)23-2/h4,6,8,10-11H,3,5,7,9,12H2,1-2H3. The maximum Gasteiger partial charge on any atom is 0.354 e. The molecule has 0 unspecified atom stereocenters. The van der Waals surface area contributed by atoms with Crippen molar-refractivity contribution in [1.82, 2.24) is 4.57 Å². The summed E-state index contributed by atoms with van der Waals surface area (Å²) < 4.78 is 12.2. The van der Waals surface area contributed by atoms with Crippen LogP contribution in [0.25, 0.3) is 0 Å². The molecule has 24 heavy (non-hydrogen) atoms. The minimum atomic E-state index is -0.386. The topological polar surface area (TPSA) is 57.5 Å². The maximum absolute atomic E-state index is 12.4. The van der Waals surface area contributed by atoms with Crippen LogP contribution < -0.4 is 4.74 Å². The first-order valence-electron chi connectivity index (χ1n) is 8.19. The number of nitrogens with zero attached hydrogens (tertiary/aromatic N) is 1. The predicted molar refractivity (Wildman–Crippen MR) is 89.8 cm³/mol. The van der Waals surface area contributed by atoms with E-state index >= 15 is 0 Å². The Kier molecular flexibility index (Phi) is 4.69. The smallest absolute Gasteiger partial charge is 0.354 e. The molecule has 126 valence electrons. The fraction of sp³-hybridized carbons (Fsp3) is 0.368. The molecule has 3 rings (SSSR count). The summed E-state index contributed by atoms with van der Waals surface area (Å²) in [6.45, 7) is 2.52. The van der Waals surface area contributed by atoms with E-state index in [-0.39, 0.29) is 11.8 Å². The van der Waals surface area contributed by atoms with E-state index < -0.39 is 0 Å². The number of esters is 1. The molecule has 0 saturated carbocycles. The minimum absolute atomic E-state index is 0.0923. The molecule has 0 saturated heterocycles. The lowest BCUT2D eigenvalue weighted by atomic mass is 9.97. The first-order chi connectivity index (χ1) is 11.6. The number of ether oxygens (including phenoxy) is 2. The molecular formula is C19H21NO4. The lowest BCUT2D eigenvalue weighted by Crippen LogP contribution is -2.19. The van der Waals surface area contributed by atoms with Gasteiger partial charge in [0.05, 0.1) is 19.4 Å². The van der Waals surface area contributed by atoms with Crippen molar-refractivity contribution in [3.63, 3.8) is 0 Å². The van der Waals surface area contributed by atoms with Crippen LogP contribution >= 0.6 is 0 Å². The monoisotopic (exact) mass is 327 g/mol. The molecular weight excluding hydrogens is 306 g/mol. The first kappa shape index (κ1) is 16.3. The average Bonchev–Trinajstić information content (AvgIpc) is 2.95. The van der Waals surface area contributed by atoms with Crippen molar-refractivity contribution in [3.8, 4) is 5.75 Å². The van der Waals surface area contributed by atoms with Crippen molar-refractivity contribution in [3.05, 3.63) is 52.8 Å². The third-order valence-electron chi connectivity index (χ3n) is 4.25. The molecule has 0 fully saturated rings. The highest BCUT2D eigenvalue weighted by Gasteiger charge is 2.27. The highest BCUT2D eigenvalue weighted by molar-refractivity contribution is 6.00. The lowest BCUT2D eigenvalue weighted by Gasteiger charge is -2.16. The molecule has 0 aliphatic heterocycles. The van der Waals surface area contributed by atoms with Crippen molar-refractivity contribution >= 4 is 11.8 Å². The van der Waals surface area contributed by atoms with Crippen LogP contribution in [-0.2, 0) is 17.7 Å². The molecule has 0 bridgehead atoms. The molecule has 5 nitrogen and oxygen atoms in total. The summed E-state index contributed by atoms with van der Waals surface area (Å²) >= 11 is 0. The SMILES string of the molecule is CCOC(=O)c1cc2c(n1Cc1cccc(OC)c1)C(=O)CCC2. The van der Waals surface area contributed by atoms with Gasteiger partial charge >= 0.3 is 5.97 Å². The van der Waals surface area contributed by atoms with Gasteiger partial charge in [-0.05, 0) is 49.1 Å². The van der Waals surface area contributed by atoms with Gasteiger partial charge in [0.25, 0.3) is 0 Å². The van der Waals surface area contributed by atoms with E-state index in [1.54, 1.807) is 18.6 Å². The van der Waals surface area contributed by atoms with Crippen molar-refractivity contribution in [1.29, 1.82) is 0 Å². The van der Waals surface area contributed by atoms with E-state index in [1.165, 1.54) is 0 Å². The molecule has 0 atom stereocenters. The van der Waals surface area contributed by atoms with Gasteiger partial charge in [0.1, 0.15) is 11.4 Å². The van der Waals surface area contributed by atoms with Crippen molar-refractivity contribution in [2.24, 2.45) is 0 Å². The van der Waals surface area contributed by atoms with Crippen LogP contribution in [-0.4, -0.2) is 30.0 Å². The predicted octanol–water partition coefficient (Wildman–Crippen LogP) is 3.24. The summed E-state index contributed by atoms with van der Waals surface area (Å²) in [5.74, 6) is 0.454. The second-order valence-corrected chi connectivity index (χ2v) is 5.84. The van der Waals surface area contributed by atoms with E-state index in [0.717, 1.165) is 29.7 Å². The first-order valence-corrected chi connectivity index (χ1v) is 8.19. The number of ketones is 1. The van der Waals surface area contributed by atoms with Crippen LogP contribution in [0.1, 0.15) is 51.9 Å². The number of aromatic nitrogens is 1. The van der Waals surface area contributed by atoms with Crippen molar-refractivity contribution in [2.45, 2.75) is 32.7 Å². The molecule has 0 amide bonds. The maximum atomic E-state index is 12.4. The Morgan fingerprint density at radius 1 is 1.25 bits per heavy atom. The molecule has 1 heterocycles. The number of hydrogen-bond acceptors (Lipinski definition) is 4. The molecule has 0 spiro atoms. The van der Waals surface area contributed by atoms with Gasteiger partial charge in [0.15, 0.2) is 5.78 Å². The van der Waals surface area contributed by atoms with Crippen LogP contribution in [0.3, 0.4) is 0 Å². The van der Waals surface area contributed by atoms with Crippen LogP contribution in [0.5, 0.6) is 5.75 Å². The zero-order valence-electron chi connectivity index (χ0n) is 14.0. The molecule has 1 aliphatic rings. The van der Waals surface area contributed by atoms with E-state index in [2.05, 4.69) is 0 Å². The number of carbonyl (C=O) groups excluding carboxylic acids is 2. The van der Waals surface area contributed by atoms with Gasteiger partial charge in [0.2, 0.25) is 0 Å². The minimum Gasteiger partial charge on any atom is -0.497 e. The highest BCUT2D eigenvalue weighted by Crippen LogP contribution is 2.27. The summed E-state index contributed by atoms with van der Waals surface area (Å²) in [7, 11) is 1.62. The average molecular weight is 327 g/mol. The van der Waals surface area contributed by atoms with Gasteiger partial charge in [-0.3, -0.25) is 4.79 Å². The number of benzene rings is 1. The second-order valence-electron chi connectivity index (χ2n) is 5.84. The third kappa shape index (κ3) is 3.07. The van der Waals surface area contributed by atoms with Crippen LogP contribution in [0.4, 0.5) is 0 Å². The van der Waals surface area contributed by atoms with Gasteiger partial charge < -0.3 is 14.0 Å². The largest absolute Gasteiger partial charge is 0.497 e. The summed E-state index contributed by atoms with van der Waals surface area (Å²) in [6.07, 6.45) is 2.17. The number of methoxy groups -OCH3 is 1. The Hall–Kier alpha value is -2.56. The Morgan fingerprint density at radius 3 is 2.83 bits per heavy atom. The quantitative estimate of drug-likeness (QED) is 0.791. The van der Waals surface area contributed by atoms with Crippen LogP contribution in [0.15, 0.2) is 30.3 Å². The Labute approximate surface area is 141 Å². The molecule has 2 aromatic rings. The van der Waals surface area contributed by atoms with Gasteiger partial charge in [-0.25, -0.2) is 4.79 Å². The molecule has 1 aliphatic carbocycles.